The van der Waals surface area contributed by atoms with Crippen molar-refractivity contribution in [3.05, 3.63) is 12.2 Å². The van der Waals surface area contributed by atoms with Crippen LogP contribution in [0.2, 0.25) is 0 Å². The maximum absolute atomic E-state index is 11.6. The molecule has 0 unspecified atom stereocenters. The summed E-state index contributed by atoms with van der Waals surface area (Å²) in [6.07, 6.45) is 2.90. The Morgan fingerprint density at radius 3 is 2.50 bits per heavy atom. The van der Waals surface area contributed by atoms with E-state index in [0.29, 0.717) is 0 Å². The van der Waals surface area contributed by atoms with E-state index >= 15 is 0 Å². The van der Waals surface area contributed by atoms with Gasteiger partial charge in [-0.2, -0.15) is 0 Å². The van der Waals surface area contributed by atoms with Crippen LogP contribution in [0.5, 0.6) is 0 Å². The highest BCUT2D eigenvalue weighted by atomic mass is 127. The lowest BCUT2D eigenvalue weighted by Crippen LogP contribution is -2.24. The summed E-state index contributed by atoms with van der Waals surface area (Å²) in [5.74, 6) is -0.957. The number of ether oxygens (including phenoxy) is 3. The molecule has 104 valence electrons. The molecular weight excluding hydrogens is 347 g/mol. The van der Waals surface area contributed by atoms with E-state index in [-0.39, 0.29) is 18.2 Å². The van der Waals surface area contributed by atoms with Crippen molar-refractivity contribution in [2.24, 2.45) is 0 Å². The molecule has 1 heterocycles. The fourth-order valence-corrected chi connectivity index (χ4v) is 2.34. The monoisotopic (exact) mass is 368 g/mol. The zero-order valence-electron chi connectivity index (χ0n) is 11.5. The quantitative estimate of drug-likeness (QED) is 0.333. The minimum Gasteiger partial charge on any atom is -0.457 e. The maximum atomic E-state index is 11.6. The fraction of sp³-hybridized carbons (Fsp3) is 0.769. The van der Waals surface area contributed by atoms with Crippen molar-refractivity contribution in [3.8, 4) is 0 Å². The van der Waals surface area contributed by atoms with E-state index < -0.39 is 11.4 Å². The number of carbonyl (C=O) groups is 1. The Balaban J connectivity index is 2.58. The average Bonchev–Trinajstić information content (AvgIpc) is 2.47. The molecule has 0 bridgehead atoms. The van der Waals surface area contributed by atoms with Gasteiger partial charge in [0.1, 0.15) is 11.7 Å². The molecule has 0 N–H and O–H groups in total. The molecule has 0 spiro atoms. The second kappa shape index (κ2) is 5.88. The number of hydrogen-bond acceptors (Lipinski definition) is 4. The van der Waals surface area contributed by atoms with Gasteiger partial charge in [-0.15, -0.1) is 0 Å². The van der Waals surface area contributed by atoms with Gasteiger partial charge in [-0.05, 0) is 40.7 Å². The largest absolute Gasteiger partial charge is 0.457 e. The molecule has 0 aromatic carbocycles. The number of halogens is 1. The molecule has 4 nitrogen and oxygen atoms in total. The first kappa shape index (κ1) is 15.9. The van der Waals surface area contributed by atoms with Gasteiger partial charge in [0, 0.05) is 10.5 Å². The molecule has 0 radical (unpaired) electrons. The summed E-state index contributed by atoms with van der Waals surface area (Å²) in [5, 5.41) is 0. The lowest BCUT2D eigenvalue weighted by atomic mass is 10.2. The number of esters is 1. The van der Waals surface area contributed by atoms with Gasteiger partial charge in [0.05, 0.1) is 6.10 Å². The van der Waals surface area contributed by atoms with Crippen LogP contribution in [0.25, 0.3) is 0 Å². The number of rotatable bonds is 3. The molecule has 0 aromatic rings. The third kappa shape index (κ3) is 5.24. The van der Waals surface area contributed by atoms with Gasteiger partial charge in [-0.3, -0.25) is 0 Å². The summed E-state index contributed by atoms with van der Waals surface area (Å²) in [6, 6.07) is 0. The summed E-state index contributed by atoms with van der Waals surface area (Å²) in [6.45, 7) is 9.25. The van der Waals surface area contributed by atoms with E-state index in [9.17, 15) is 4.79 Å². The van der Waals surface area contributed by atoms with Gasteiger partial charge in [-0.25, -0.2) is 4.79 Å². The molecule has 0 aromatic heterocycles. The van der Waals surface area contributed by atoms with Crippen molar-refractivity contribution in [3.63, 3.8) is 0 Å². The number of alkyl halides is 1. The highest BCUT2D eigenvalue weighted by Gasteiger charge is 2.39. The molecule has 1 fully saturated rings. The highest BCUT2D eigenvalue weighted by molar-refractivity contribution is 14.1. The standard InChI is InChI=1S/C13H21IO4/c1-12(2,3)18-11(15)7-6-9-10(8-14)17-13(4,5)16-9/h6-7,9-10H,8H2,1-5H3/b7-6+/t9-,10+/m1/s1. The van der Waals surface area contributed by atoms with Crippen LogP contribution in [-0.2, 0) is 19.0 Å². The van der Waals surface area contributed by atoms with Crippen LogP contribution in [-0.4, -0.2) is 34.0 Å². The molecule has 1 rings (SSSR count). The van der Waals surface area contributed by atoms with E-state index in [2.05, 4.69) is 22.6 Å². The Kier molecular flexibility index (Phi) is 5.20. The van der Waals surface area contributed by atoms with Crippen molar-refractivity contribution in [1.29, 1.82) is 0 Å². The van der Waals surface area contributed by atoms with Crippen molar-refractivity contribution in [2.45, 2.75) is 58.2 Å². The topological polar surface area (TPSA) is 44.8 Å². The van der Waals surface area contributed by atoms with Gasteiger partial charge >= 0.3 is 5.97 Å². The SMILES string of the molecule is CC(C)(C)OC(=O)/C=C/[C@H]1OC(C)(C)O[C@H]1CI. The molecule has 1 aliphatic heterocycles. The van der Waals surface area contributed by atoms with Gasteiger partial charge in [-0.1, -0.05) is 22.6 Å². The first-order valence-corrected chi connectivity index (χ1v) is 7.48. The van der Waals surface area contributed by atoms with Crippen LogP contribution < -0.4 is 0 Å². The molecule has 0 saturated carbocycles. The Hall–Kier alpha value is -0.140. The first-order valence-electron chi connectivity index (χ1n) is 5.96. The number of hydrogen-bond donors (Lipinski definition) is 0. The van der Waals surface area contributed by atoms with Gasteiger partial charge in [0.25, 0.3) is 0 Å². The van der Waals surface area contributed by atoms with E-state index in [1.165, 1.54) is 6.08 Å². The summed E-state index contributed by atoms with van der Waals surface area (Å²) in [7, 11) is 0. The van der Waals surface area contributed by atoms with E-state index in [1.54, 1.807) is 6.08 Å². The first-order chi connectivity index (χ1) is 8.13. The minimum atomic E-state index is -0.598. The van der Waals surface area contributed by atoms with Gasteiger partial charge in [0.2, 0.25) is 0 Å². The normalized spacial score (nSPS) is 27.7. The predicted octanol–water partition coefficient (Wildman–Crippen LogP) is 2.84. The second-order valence-corrected chi connectivity index (χ2v) is 6.57. The third-order valence-corrected chi connectivity index (χ3v) is 3.07. The zero-order chi connectivity index (χ0) is 14.0. The average molecular weight is 368 g/mol. The lowest BCUT2D eigenvalue weighted by Gasteiger charge is -2.18. The predicted molar refractivity (Wildman–Crippen MR) is 77.7 cm³/mol. The zero-order valence-corrected chi connectivity index (χ0v) is 13.7. The summed E-state index contributed by atoms with van der Waals surface area (Å²) in [4.78, 5) is 11.6. The van der Waals surface area contributed by atoms with E-state index in [0.717, 1.165) is 4.43 Å². The fourth-order valence-electron chi connectivity index (χ4n) is 1.65. The van der Waals surface area contributed by atoms with Crippen LogP contribution in [0, 0.1) is 0 Å². The van der Waals surface area contributed by atoms with Gasteiger partial charge in [0.15, 0.2) is 5.79 Å². The van der Waals surface area contributed by atoms with Crippen molar-refractivity contribution in [2.75, 3.05) is 4.43 Å². The third-order valence-electron chi connectivity index (χ3n) is 2.20. The molecule has 2 atom stereocenters. The smallest absolute Gasteiger partial charge is 0.331 e. The van der Waals surface area contributed by atoms with Crippen LogP contribution in [0.3, 0.4) is 0 Å². The lowest BCUT2D eigenvalue weighted by molar-refractivity contribution is -0.149. The molecule has 1 saturated heterocycles. The van der Waals surface area contributed by atoms with Crippen LogP contribution in [0.1, 0.15) is 34.6 Å². The Bertz CT molecular complexity index is 330. The van der Waals surface area contributed by atoms with E-state index in [1.807, 2.05) is 34.6 Å². The van der Waals surface area contributed by atoms with E-state index in [4.69, 9.17) is 14.2 Å². The molecular formula is C13H21IO4. The number of carbonyl (C=O) groups excluding carboxylic acids is 1. The van der Waals surface area contributed by atoms with Crippen molar-refractivity contribution >= 4 is 28.6 Å². The van der Waals surface area contributed by atoms with Crippen LogP contribution in [0.15, 0.2) is 12.2 Å². The highest BCUT2D eigenvalue weighted by Crippen LogP contribution is 2.29. The maximum Gasteiger partial charge on any atom is 0.331 e. The molecule has 0 amide bonds. The van der Waals surface area contributed by atoms with Gasteiger partial charge < -0.3 is 14.2 Å². The summed E-state index contributed by atoms with van der Waals surface area (Å²) < 4.78 is 17.4. The molecule has 1 aliphatic rings. The molecule has 0 aliphatic carbocycles. The molecule has 18 heavy (non-hydrogen) atoms. The molecule has 5 heteroatoms. The van der Waals surface area contributed by atoms with Crippen LogP contribution in [0.4, 0.5) is 0 Å². The van der Waals surface area contributed by atoms with Crippen molar-refractivity contribution < 1.29 is 19.0 Å². The Morgan fingerprint density at radius 2 is 2.00 bits per heavy atom. The second-order valence-electron chi connectivity index (χ2n) is 5.69. The Labute approximate surface area is 122 Å². The summed E-state index contributed by atoms with van der Waals surface area (Å²) in [5.41, 5.74) is -0.476. The minimum absolute atomic E-state index is 0.0284. The summed E-state index contributed by atoms with van der Waals surface area (Å²) >= 11 is 2.25. The Morgan fingerprint density at radius 1 is 1.39 bits per heavy atom. The van der Waals surface area contributed by atoms with Crippen molar-refractivity contribution in [1.82, 2.24) is 0 Å². The van der Waals surface area contributed by atoms with Crippen LogP contribution >= 0.6 is 22.6 Å².